The molecule has 0 aliphatic carbocycles. The van der Waals surface area contributed by atoms with E-state index >= 15 is 0 Å². The number of hydrogen-bond donors (Lipinski definition) is 3. The number of likely N-dealkylation sites (N-methyl/N-ethyl adjacent to an activating group) is 1. The van der Waals surface area contributed by atoms with Crippen LogP contribution in [-0.2, 0) is 14.3 Å². The predicted molar refractivity (Wildman–Crippen MR) is 171 cm³/mol. The second-order valence-corrected chi connectivity index (χ2v) is 13.5. The summed E-state index contributed by atoms with van der Waals surface area (Å²) in [7, 11) is 1.58. The van der Waals surface area contributed by atoms with Crippen molar-refractivity contribution in [2.75, 3.05) is 12.8 Å². The van der Waals surface area contributed by atoms with E-state index in [1.807, 2.05) is 75.4 Å². The average molecular weight is 575 g/mol. The molecule has 0 heterocycles. The van der Waals surface area contributed by atoms with Crippen LogP contribution in [0.25, 0.3) is 0 Å². The molecule has 6 heteroatoms. The Morgan fingerprint density at radius 1 is 0.756 bits per heavy atom. The van der Waals surface area contributed by atoms with Crippen LogP contribution in [0.2, 0.25) is 0 Å². The number of rotatable bonds is 13. The van der Waals surface area contributed by atoms with Crippen LogP contribution in [0.3, 0.4) is 0 Å². The van der Waals surface area contributed by atoms with Gasteiger partial charge in [0.25, 0.3) is 0 Å². The first-order valence-electron chi connectivity index (χ1n) is 14.5. The molecular formula is C35H46N2O3S. The smallest absolute Gasteiger partial charge is 0.242 e. The van der Waals surface area contributed by atoms with Gasteiger partial charge in [-0.1, -0.05) is 126 Å². The monoisotopic (exact) mass is 574 g/mol. The van der Waals surface area contributed by atoms with Gasteiger partial charge in [-0.05, 0) is 40.9 Å². The van der Waals surface area contributed by atoms with Gasteiger partial charge in [-0.25, -0.2) is 0 Å². The summed E-state index contributed by atoms with van der Waals surface area (Å²) in [6.45, 7) is 9.96. The summed E-state index contributed by atoms with van der Waals surface area (Å²) in [5, 5.41) is 17.1. The molecule has 3 aromatic rings. The number of aliphatic hydroxyl groups is 1. The Morgan fingerprint density at radius 2 is 1.20 bits per heavy atom. The van der Waals surface area contributed by atoms with E-state index in [0.29, 0.717) is 18.6 Å². The van der Waals surface area contributed by atoms with Crippen LogP contribution in [0.4, 0.5) is 0 Å². The third-order valence-electron chi connectivity index (χ3n) is 7.38. The largest absolute Gasteiger partial charge is 0.392 e. The minimum atomic E-state index is -0.724. The molecule has 0 saturated heterocycles. The summed E-state index contributed by atoms with van der Waals surface area (Å²) in [5.74, 6) is -0.135. The van der Waals surface area contributed by atoms with Gasteiger partial charge in [0.2, 0.25) is 11.8 Å². The van der Waals surface area contributed by atoms with Crippen LogP contribution < -0.4 is 10.6 Å². The van der Waals surface area contributed by atoms with E-state index in [-0.39, 0.29) is 17.7 Å². The van der Waals surface area contributed by atoms with E-state index in [1.165, 1.54) is 0 Å². The maximum absolute atomic E-state index is 13.5. The van der Waals surface area contributed by atoms with E-state index < -0.39 is 28.2 Å². The number of thioether (sulfide) groups is 1. The topological polar surface area (TPSA) is 78.4 Å². The van der Waals surface area contributed by atoms with E-state index in [9.17, 15) is 14.7 Å². The molecule has 0 radical (unpaired) electrons. The third-order valence-corrected chi connectivity index (χ3v) is 9.07. The number of carbonyl (C=O) groups excluding carboxylic acids is 2. The number of aliphatic hydroxyl groups excluding tert-OH is 1. The van der Waals surface area contributed by atoms with Crippen LogP contribution in [-0.4, -0.2) is 41.9 Å². The zero-order chi connectivity index (χ0) is 30.0. The van der Waals surface area contributed by atoms with Crippen molar-refractivity contribution >= 4 is 23.6 Å². The van der Waals surface area contributed by atoms with Crippen molar-refractivity contribution in [3.8, 4) is 0 Å². The van der Waals surface area contributed by atoms with Crippen molar-refractivity contribution < 1.29 is 14.7 Å². The zero-order valence-corrected chi connectivity index (χ0v) is 26.1. The molecule has 0 saturated carbocycles. The number of hydrogen-bond acceptors (Lipinski definition) is 4. The first kappa shape index (κ1) is 32.4. The average Bonchev–Trinajstić information content (AvgIpc) is 2.96. The molecule has 0 aromatic heterocycles. The fourth-order valence-corrected chi connectivity index (χ4v) is 6.83. The minimum absolute atomic E-state index is 0.188. The SMILES string of the molecule is CNC(=O)[C@@H](NC(=O)[C@H](CC(C)C)C[C@@H](O)CSC(c1ccccc1)(c1ccccc1)c1ccccc1)C(C)(C)C. The summed E-state index contributed by atoms with van der Waals surface area (Å²) < 4.78 is -0.545. The number of benzene rings is 3. The van der Waals surface area contributed by atoms with Crippen LogP contribution in [0.15, 0.2) is 91.0 Å². The Labute approximate surface area is 250 Å². The van der Waals surface area contributed by atoms with Crippen molar-refractivity contribution in [3.63, 3.8) is 0 Å². The fourth-order valence-electron chi connectivity index (χ4n) is 5.35. The normalized spacial score (nSPS) is 14.2. The Bertz CT molecular complexity index is 1130. The highest BCUT2D eigenvalue weighted by molar-refractivity contribution is 8.00. The molecule has 0 spiro atoms. The highest BCUT2D eigenvalue weighted by Gasteiger charge is 2.38. The molecule has 0 fully saturated rings. The third kappa shape index (κ3) is 8.46. The van der Waals surface area contributed by atoms with Gasteiger partial charge in [0.05, 0.1) is 10.9 Å². The molecule has 41 heavy (non-hydrogen) atoms. The summed E-state index contributed by atoms with van der Waals surface area (Å²) in [6.07, 6.45) is 0.216. The Hall–Kier alpha value is -3.09. The van der Waals surface area contributed by atoms with Gasteiger partial charge in [0, 0.05) is 18.7 Å². The molecule has 0 unspecified atom stereocenters. The van der Waals surface area contributed by atoms with Crippen LogP contribution in [0.1, 0.15) is 64.2 Å². The van der Waals surface area contributed by atoms with Gasteiger partial charge < -0.3 is 15.7 Å². The minimum Gasteiger partial charge on any atom is -0.392 e. The fraction of sp³-hybridized carbons (Fsp3) is 0.429. The lowest BCUT2D eigenvalue weighted by Crippen LogP contribution is -2.54. The van der Waals surface area contributed by atoms with Gasteiger partial charge in [-0.15, -0.1) is 11.8 Å². The Morgan fingerprint density at radius 3 is 1.56 bits per heavy atom. The quantitative estimate of drug-likeness (QED) is 0.206. The van der Waals surface area contributed by atoms with Gasteiger partial charge in [-0.2, -0.15) is 0 Å². The summed E-state index contributed by atoms with van der Waals surface area (Å²) in [6, 6.07) is 30.5. The van der Waals surface area contributed by atoms with Crippen molar-refractivity contribution in [2.45, 2.75) is 64.4 Å². The van der Waals surface area contributed by atoms with Gasteiger partial charge in [-0.3, -0.25) is 9.59 Å². The maximum Gasteiger partial charge on any atom is 0.242 e. The Kier molecular flexibility index (Phi) is 11.6. The second kappa shape index (κ2) is 14.7. The highest BCUT2D eigenvalue weighted by Crippen LogP contribution is 2.48. The Balaban J connectivity index is 1.90. The molecular weight excluding hydrogens is 528 g/mol. The van der Waals surface area contributed by atoms with Gasteiger partial charge in [0.1, 0.15) is 6.04 Å². The summed E-state index contributed by atoms with van der Waals surface area (Å²) in [4.78, 5) is 26.1. The molecule has 220 valence electrons. The standard InChI is InChI=1S/C35H46N2O3S/c1-25(2)22-26(32(39)37-31(33(40)36-6)34(3,4)5)23-30(38)24-41-35(27-16-10-7-11-17-27,28-18-12-8-13-19-28)29-20-14-9-15-21-29/h7-21,25-26,30-31,38H,22-24H2,1-6H3,(H,36,40)(H,37,39)/t26-,30-,31-/m1/s1. The first-order chi connectivity index (χ1) is 19.5. The molecule has 3 rings (SSSR count). The molecule has 0 aliphatic rings. The lowest BCUT2D eigenvalue weighted by molar-refractivity contribution is -0.134. The van der Waals surface area contributed by atoms with E-state index in [0.717, 1.165) is 16.7 Å². The highest BCUT2D eigenvalue weighted by atomic mass is 32.2. The first-order valence-corrected chi connectivity index (χ1v) is 15.5. The number of nitrogens with one attached hydrogen (secondary N) is 2. The van der Waals surface area contributed by atoms with Crippen molar-refractivity contribution in [1.82, 2.24) is 10.6 Å². The lowest BCUT2D eigenvalue weighted by atomic mass is 9.84. The van der Waals surface area contributed by atoms with Gasteiger partial charge >= 0.3 is 0 Å². The van der Waals surface area contributed by atoms with E-state index in [4.69, 9.17) is 0 Å². The molecule has 5 nitrogen and oxygen atoms in total. The number of carbonyl (C=O) groups is 2. The molecule has 2 amide bonds. The molecule has 3 aromatic carbocycles. The van der Waals surface area contributed by atoms with Gasteiger partial charge in [0.15, 0.2) is 0 Å². The molecule has 3 atom stereocenters. The van der Waals surface area contributed by atoms with Crippen molar-refractivity contribution in [1.29, 1.82) is 0 Å². The van der Waals surface area contributed by atoms with Crippen molar-refractivity contribution in [3.05, 3.63) is 108 Å². The van der Waals surface area contributed by atoms with Crippen LogP contribution in [0, 0.1) is 17.3 Å². The molecule has 0 aliphatic heterocycles. The molecule has 0 bridgehead atoms. The van der Waals surface area contributed by atoms with Crippen LogP contribution in [0.5, 0.6) is 0 Å². The lowest BCUT2D eigenvalue weighted by Gasteiger charge is -2.36. The predicted octanol–water partition coefficient (Wildman–Crippen LogP) is 6.40. The maximum atomic E-state index is 13.5. The summed E-state index contributed by atoms with van der Waals surface area (Å²) >= 11 is 1.69. The number of amides is 2. The van der Waals surface area contributed by atoms with Crippen LogP contribution >= 0.6 is 11.8 Å². The van der Waals surface area contributed by atoms with Crippen molar-refractivity contribution in [2.24, 2.45) is 17.3 Å². The zero-order valence-electron chi connectivity index (χ0n) is 25.3. The summed E-state index contributed by atoms with van der Waals surface area (Å²) in [5.41, 5.74) is 2.94. The molecule has 3 N–H and O–H groups in total. The van der Waals surface area contributed by atoms with E-state index in [2.05, 4.69) is 60.9 Å². The second-order valence-electron chi connectivity index (χ2n) is 12.2. The van der Waals surface area contributed by atoms with E-state index in [1.54, 1.807) is 18.8 Å².